The summed E-state index contributed by atoms with van der Waals surface area (Å²) in [5.74, 6) is 2.66. The van der Waals surface area contributed by atoms with Crippen molar-refractivity contribution in [2.75, 3.05) is 6.26 Å². The average molecular weight is 307 g/mol. The molecule has 21 heavy (non-hydrogen) atoms. The van der Waals surface area contributed by atoms with E-state index in [1.807, 2.05) is 6.26 Å². The highest BCUT2D eigenvalue weighted by atomic mass is 32.2. The Balaban J connectivity index is 2.54. The summed E-state index contributed by atoms with van der Waals surface area (Å²) in [7, 11) is 0. The summed E-state index contributed by atoms with van der Waals surface area (Å²) >= 11 is 1.47. The molecule has 1 saturated carbocycles. The van der Waals surface area contributed by atoms with Gasteiger partial charge in [0.25, 0.3) is 0 Å². The highest BCUT2D eigenvalue weighted by molar-refractivity contribution is 7.94. The highest BCUT2D eigenvalue weighted by Gasteiger charge is 2.38. The molecular formula is C19H30OS. The van der Waals surface area contributed by atoms with Gasteiger partial charge in [-0.1, -0.05) is 46.8 Å². The lowest BCUT2D eigenvalue weighted by Crippen LogP contribution is -2.20. The fourth-order valence-corrected chi connectivity index (χ4v) is 3.57. The van der Waals surface area contributed by atoms with E-state index in [2.05, 4.69) is 46.8 Å². The van der Waals surface area contributed by atoms with Crippen molar-refractivity contribution < 1.29 is 4.18 Å². The molecule has 1 aromatic carbocycles. The van der Waals surface area contributed by atoms with Crippen molar-refractivity contribution in [2.45, 2.75) is 71.6 Å². The van der Waals surface area contributed by atoms with E-state index >= 15 is 0 Å². The van der Waals surface area contributed by atoms with E-state index in [-0.39, 0.29) is 5.41 Å². The Kier molecular flexibility index (Phi) is 5.29. The average Bonchev–Trinajstić information content (AvgIpc) is 3.23. The lowest BCUT2D eigenvalue weighted by molar-refractivity contribution is 0.437. The van der Waals surface area contributed by atoms with Crippen LogP contribution >= 0.6 is 12.0 Å². The van der Waals surface area contributed by atoms with E-state index in [0.717, 1.165) is 18.1 Å². The third-order valence-electron chi connectivity index (χ3n) is 5.51. The molecule has 2 unspecified atom stereocenters. The quantitative estimate of drug-likeness (QED) is 0.562. The minimum atomic E-state index is 0.286. The fraction of sp³-hybridized carbons (Fsp3) is 0.684. The van der Waals surface area contributed by atoms with Crippen LogP contribution in [0.15, 0.2) is 12.1 Å². The lowest BCUT2D eigenvalue weighted by atomic mass is 9.76. The molecule has 0 spiro atoms. The molecule has 0 amide bonds. The molecule has 0 saturated heterocycles. The maximum absolute atomic E-state index is 5.96. The second kappa shape index (κ2) is 6.64. The van der Waals surface area contributed by atoms with Gasteiger partial charge in [0, 0.05) is 6.26 Å². The molecule has 1 fully saturated rings. The van der Waals surface area contributed by atoms with Gasteiger partial charge in [0.15, 0.2) is 0 Å². The molecule has 2 atom stereocenters. The molecule has 0 aliphatic heterocycles. The van der Waals surface area contributed by atoms with Crippen molar-refractivity contribution in [3.63, 3.8) is 0 Å². The lowest BCUT2D eigenvalue weighted by Gasteiger charge is -2.29. The summed E-state index contributed by atoms with van der Waals surface area (Å²) in [4.78, 5) is 0. The van der Waals surface area contributed by atoms with Crippen LogP contribution < -0.4 is 4.18 Å². The van der Waals surface area contributed by atoms with Gasteiger partial charge in [0.1, 0.15) is 5.75 Å². The Morgan fingerprint density at radius 3 is 2.29 bits per heavy atom. The number of aryl methyl sites for hydroxylation is 1. The van der Waals surface area contributed by atoms with Crippen molar-refractivity contribution >= 4 is 12.0 Å². The normalized spacial score (nSPS) is 21.4. The largest absolute Gasteiger partial charge is 0.426 e. The molecule has 0 N–H and O–H groups in total. The first-order valence-corrected chi connectivity index (χ1v) is 9.53. The predicted molar refractivity (Wildman–Crippen MR) is 94.4 cm³/mol. The zero-order chi connectivity index (χ0) is 15.6. The third kappa shape index (κ3) is 3.26. The smallest absolute Gasteiger partial charge is 0.144 e. The van der Waals surface area contributed by atoms with Crippen LogP contribution in [0.1, 0.15) is 76.5 Å². The van der Waals surface area contributed by atoms with Crippen LogP contribution in [0.3, 0.4) is 0 Å². The fourth-order valence-electron chi connectivity index (χ4n) is 3.20. The van der Waals surface area contributed by atoms with Crippen LogP contribution in [0.5, 0.6) is 5.75 Å². The second-order valence-corrected chi connectivity index (χ2v) is 7.24. The van der Waals surface area contributed by atoms with Gasteiger partial charge in [0.2, 0.25) is 0 Å². The zero-order valence-corrected chi connectivity index (χ0v) is 15.3. The van der Waals surface area contributed by atoms with Crippen molar-refractivity contribution in [3.05, 3.63) is 28.8 Å². The van der Waals surface area contributed by atoms with Crippen LogP contribution in [0, 0.1) is 5.92 Å². The number of rotatable bonds is 7. The molecule has 0 bridgehead atoms. The Labute approximate surface area is 135 Å². The summed E-state index contributed by atoms with van der Waals surface area (Å²) in [5, 5.41) is 0. The summed E-state index contributed by atoms with van der Waals surface area (Å²) in [5.41, 5.74) is 4.63. The Morgan fingerprint density at radius 2 is 1.86 bits per heavy atom. The summed E-state index contributed by atoms with van der Waals surface area (Å²) < 4.78 is 5.96. The van der Waals surface area contributed by atoms with E-state index in [1.54, 1.807) is 0 Å². The molecular weight excluding hydrogens is 276 g/mol. The van der Waals surface area contributed by atoms with Crippen molar-refractivity contribution in [1.82, 2.24) is 0 Å². The first-order valence-electron chi connectivity index (χ1n) is 8.38. The van der Waals surface area contributed by atoms with Gasteiger partial charge < -0.3 is 4.18 Å². The molecule has 0 heterocycles. The molecule has 1 aliphatic rings. The van der Waals surface area contributed by atoms with E-state index in [1.165, 1.54) is 48.0 Å². The molecule has 2 heteroatoms. The number of hydrogen-bond donors (Lipinski definition) is 0. The Hall–Kier alpha value is -0.630. The first-order chi connectivity index (χ1) is 10.0. The van der Waals surface area contributed by atoms with Crippen molar-refractivity contribution in [1.29, 1.82) is 0 Å². The van der Waals surface area contributed by atoms with Gasteiger partial charge in [-0.3, -0.25) is 0 Å². The van der Waals surface area contributed by atoms with Gasteiger partial charge in [-0.15, -0.1) is 0 Å². The topological polar surface area (TPSA) is 9.23 Å². The number of benzene rings is 1. The standard InChI is InChI=1S/C19H30OS/c1-7-14-11-15(19(5,8-2)9-3)12-17(16-10-13(16)4)18(14)20-21-6/h11-13,16H,7-10H2,1-6H3. The SMILES string of the molecule is CCc1cc(C(C)(CC)CC)cc(C2CC2C)c1OSC. The van der Waals surface area contributed by atoms with Gasteiger partial charge in [-0.05, 0) is 59.6 Å². The summed E-state index contributed by atoms with van der Waals surface area (Å²) in [6.07, 6.45) is 6.74. The molecule has 1 aliphatic carbocycles. The Bertz CT molecular complexity index is 491. The molecule has 0 aromatic heterocycles. The zero-order valence-electron chi connectivity index (χ0n) is 14.5. The van der Waals surface area contributed by atoms with Gasteiger partial charge in [-0.25, -0.2) is 0 Å². The van der Waals surface area contributed by atoms with Crippen LogP contribution in [0.2, 0.25) is 0 Å². The summed E-state index contributed by atoms with van der Waals surface area (Å²) in [6.45, 7) is 11.6. The Morgan fingerprint density at radius 1 is 1.24 bits per heavy atom. The molecule has 2 rings (SSSR count). The van der Waals surface area contributed by atoms with Crippen molar-refractivity contribution in [3.8, 4) is 5.75 Å². The maximum Gasteiger partial charge on any atom is 0.144 e. The maximum atomic E-state index is 5.96. The van der Waals surface area contributed by atoms with Gasteiger partial charge in [0.05, 0.1) is 12.0 Å². The van der Waals surface area contributed by atoms with Crippen LogP contribution in [-0.2, 0) is 11.8 Å². The number of hydrogen-bond acceptors (Lipinski definition) is 2. The second-order valence-electron chi connectivity index (χ2n) is 6.74. The predicted octanol–water partition coefficient (Wildman–Crippen LogP) is 6.11. The van der Waals surface area contributed by atoms with Crippen LogP contribution in [0.4, 0.5) is 0 Å². The third-order valence-corrected chi connectivity index (χ3v) is 5.84. The van der Waals surface area contributed by atoms with Gasteiger partial charge in [-0.2, -0.15) is 0 Å². The molecule has 118 valence electrons. The van der Waals surface area contributed by atoms with E-state index in [4.69, 9.17) is 4.18 Å². The van der Waals surface area contributed by atoms with E-state index in [0.29, 0.717) is 5.92 Å². The minimum absolute atomic E-state index is 0.286. The van der Waals surface area contributed by atoms with E-state index < -0.39 is 0 Å². The highest BCUT2D eigenvalue weighted by Crippen LogP contribution is 2.52. The molecule has 0 radical (unpaired) electrons. The minimum Gasteiger partial charge on any atom is -0.426 e. The van der Waals surface area contributed by atoms with Gasteiger partial charge >= 0.3 is 0 Å². The van der Waals surface area contributed by atoms with Crippen LogP contribution in [-0.4, -0.2) is 6.26 Å². The monoisotopic (exact) mass is 306 g/mol. The first kappa shape index (κ1) is 16.7. The molecule has 1 aromatic rings. The van der Waals surface area contributed by atoms with Crippen LogP contribution in [0.25, 0.3) is 0 Å². The van der Waals surface area contributed by atoms with E-state index in [9.17, 15) is 0 Å². The molecule has 1 nitrogen and oxygen atoms in total. The summed E-state index contributed by atoms with van der Waals surface area (Å²) in [6, 6.07) is 4.85. The van der Waals surface area contributed by atoms with Crippen molar-refractivity contribution in [2.24, 2.45) is 5.92 Å².